The van der Waals surface area contributed by atoms with Gasteiger partial charge in [0, 0.05) is 5.92 Å². The summed E-state index contributed by atoms with van der Waals surface area (Å²) < 4.78 is 2.42. The van der Waals surface area contributed by atoms with E-state index in [1.807, 2.05) is 0 Å². The van der Waals surface area contributed by atoms with Crippen LogP contribution in [0.2, 0.25) is 0 Å². The Hall–Kier alpha value is -2.35. The molecule has 0 fully saturated rings. The van der Waals surface area contributed by atoms with Crippen LogP contribution in [0.1, 0.15) is 113 Å². The summed E-state index contributed by atoms with van der Waals surface area (Å²) in [4.78, 5) is 3.29. The number of H-pyrrole nitrogens is 1. The van der Waals surface area contributed by atoms with Crippen LogP contribution in [0, 0.1) is 0 Å². The van der Waals surface area contributed by atoms with Crippen LogP contribution in [-0.2, 0) is 6.42 Å². The number of aromatic nitrogens is 2. The van der Waals surface area contributed by atoms with Crippen LogP contribution in [0.4, 0.5) is 0 Å². The molecule has 3 aromatic rings. The first-order valence-electron chi connectivity index (χ1n) is 14.0. The van der Waals surface area contributed by atoms with Crippen molar-refractivity contribution in [1.82, 2.24) is 4.98 Å². The summed E-state index contributed by atoms with van der Waals surface area (Å²) in [6.07, 6.45) is 25.5. The van der Waals surface area contributed by atoms with Crippen molar-refractivity contribution in [2.45, 2.75) is 109 Å². The van der Waals surface area contributed by atoms with E-state index in [4.69, 9.17) is 0 Å². The molecule has 0 aliphatic heterocycles. The van der Waals surface area contributed by atoms with Crippen molar-refractivity contribution >= 4 is 0 Å². The highest BCUT2D eigenvalue weighted by molar-refractivity contribution is 5.25. The molecule has 0 amide bonds. The molecule has 2 heteroatoms. The Labute approximate surface area is 208 Å². The van der Waals surface area contributed by atoms with E-state index >= 15 is 0 Å². The van der Waals surface area contributed by atoms with Gasteiger partial charge >= 0.3 is 0 Å². The average Bonchev–Trinajstić information content (AvgIpc) is 3.42. The van der Waals surface area contributed by atoms with Crippen molar-refractivity contribution in [3.05, 3.63) is 90.5 Å². The Morgan fingerprint density at radius 3 is 1.79 bits per heavy atom. The highest BCUT2D eigenvalue weighted by Gasteiger charge is 2.28. The van der Waals surface area contributed by atoms with E-state index in [2.05, 4.69) is 95.9 Å². The molecule has 1 N–H and O–H groups in total. The molecule has 0 spiro atoms. The van der Waals surface area contributed by atoms with Gasteiger partial charge in [0.1, 0.15) is 18.4 Å². The Balaban J connectivity index is 1.49. The van der Waals surface area contributed by atoms with Gasteiger partial charge < -0.3 is 0 Å². The zero-order valence-corrected chi connectivity index (χ0v) is 21.5. The summed E-state index contributed by atoms with van der Waals surface area (Å²) >= 11 is 0. The van der Waals surface area contributed by atoms with Crippen molar-refractivity contribution in [3.8, 4) is 0 Å². The Morgan fingerprint density at radius 1 is 0.676 bits per heavy atom. The lowest BCUT2D eigenvalue weighted by molar-refractivity contribution is -0.725. The molecule has 2 nitrogen and oxygen atoms in total. The molecule has 2 unspecified atom stereocenters. The normalized spacial score (nSPS) is 13.1. The van der Waals surface area contributed by atoms with Gasteiger partial charge in [-0.1, -0.05) is 138 Å². The van der Waals surface area contributed by atoms with E-state index < -0.39 is 0 Å². The summed E-state index contributed by atoms with van der Waals surface area (Å²) in [6.45, 7) is 2.30. The maximum Gasteiger partial charge on any atom is 0.241 e. The maximum atomic E-state index is 3.29. The van der Waals surface area contributed by atoms with Crippen molar-refractivity contribution in [2.75, 3.05) is 0 Å². The predicted molar refractivity (Wildman–Crippen MR) is 145 cm³/mol. The molecular weight excluding hydrogens is 412 g/mol. The van der Waals surface area contributed by atoms with Gasteiger partial charge in [-0.2, -0.15) is 0 Å². The lowest BCUT2D eigenvalue weighted by Gasteiger charge is -2.26. The number of nitrogens with zero attached hydrogens (tertiary/aromatic N) is 1. The smallest absolute Gasteiger partial charge is 0.241 e. The minimum Gasteiger partial charge on any atom is -0.250 e. The van der Waals surface area contributed by atoms with Crippen LogP contribution in [0.3, 0.4) is 0 Å². The molecule has 184 valence electrons. The van der Waals surface area contributed by atoms with Crippen LogP contribution in [0.25, 0.3) is 0 Å². The third kappa shape index (κ3) is 9.49. The van der Waals surface area contributed by atoms with Gasteiger partial charge in [0.15, 0.2) is 0 Å². The fourth-order valence-corrected chi connectivity index (χ4v) is 5.30. The summed E-state index contributed by atoms with van der Waals surface area (Å²) in [7, 11) is 0. The standard InChI is InChI=1S/C32H46N2/c1-2-3-4-5-6-7-8-9-10-11-12-19-24-32(34-26-25-33-28-34)31(30-22-17-14-18-23-30)27-29-20-15-13-16-21-29/h13-18,20-23,25-26,28,31-32H,2-12,19,24,27H2,1H3/p+1. The Kier molecular flexibility index (Phi) is 12.6. The molecule has 2 atom stereocenters. The molecule has 0 saturated carbocycles. The minimum absolute atomic E-state index is 0.469. The average molecular weight is 460 g/mol. The molecule has 34 heavy (non-hydrogen) atoms. The maximum absolute atomic E-state index is 3.29. The first-order valence-corrected chi connectivity index (χ1v) is 14.0. The molecule has 1 aromatic heterocycles. The largest absolute Gasteiger partial charge is 0.250 e. The van der Waals surface area contributed by atoms with Crippen molar-refractivity contribution < 1.29 is 4.57 Å². The zero-order chi connectivity index (χ0) is 23.7. The second-order valence-electron chi connectivity index (χ2n) is 10.0. The third-order valence-electron chi connectivity index (χ3n) is 7.29. The molecule has 2 aromatic carbocycles. The number of hydrogen-bond acceptors (Lipinski definition) is 0. The quantitative estimate of drug-likeness (QED) is 0.145. The molecule has 3 rings (SSSR count). The van der Waals surface area contributed by atoms with Crippen LogP contribution in [0.5, 0.6) is 0 Å². The SMILES string of the molecule is CCCCCCCCCCCCCCC(C(Cc1ccccc1)c1ccccc1)[n+]1cc[nH]c1. The van der Waals surface area contributed by atoms with Crippen molar-refractivity contribution in [2.24, 2.45) is 0 Å². The van der Waals surface area contributed by atoms with Crippen LogP contribution < -0.4 is 4.57 Å². The van der Waals surface area contributed by atoms with E-state index in [0.29, 0.717) is 12.0 Å². The number of nitrogens with one attached hydrogen (secondary N) is 1. The molecule has 0 saturated heterocycles. The summed E-state index contributed by atoms with van der Waals surface area (Å²) in [5, 5.41) is 0. The van der Waals surface area contributed by atoms with Crippen molar-refractivity contribution in [3.63, 3.8) is 0 Å². The number of unbranched alkanes of at least 4 members (excludes halogenated alkanes) is 11. The second kappa shape index (κ2) is 16.3. The number of benzene rings is 2. The first-order chi connectivity index (χ1) is 16.9. The third-order valence-corrected chi connectivity index (χ3v) is 7.29. The summed E-state index contributed by atoms with van der Waals surface area (Å²) in [5.74, 6) is 0.470. The van der Waals surface area contributed by atoms with Gasteiger partial charge in [-0.05, 0) is 30.4 Å². The monoisotopic (exact) mass is 459 g/mol. The molecule has 1 heterocycles. The predicted octanol–water partition coefficient (Wildman–Crippen LogP) is 8.96. The number of aromatic amines is 1. The Bertz CT molecular complexity index is 841. The minimum atomic E-state index is 0.469. The molecule has 0 aliphatic rings. The van der Waals surface area contributed by atoms with Crippen LogP contribution >= 0.6 is 0 Å². The Morgan fingerprint density at radius 2 is 1.24 bits per heavy atom. The number of imidazole rings is 1. The van der Waals surface area contributed by atoms with E-state index in [1.54, 1.807) is 0 Å². The first kappa shape index (κ1) is 26.3. The highest BCUT2D eigenvalue weighted by atomic mass is 15.1. The van der Waals surface area contributed by atoms with Gasteiger partial charge in [-0.15, -0.1) is 0 Å². The van der Waals surface area contributed by atoms with Gasteiger partial charge in [0.25, 0.3) is 0 Å². The molecule has 0 radical (unpaired) electrons. The summed E-state index contributed by atoms with van der Waals surface area (Å²) in [5.41, 5.74) is 2.87. The zero-order valence-electron chi connectivity index (χ0n) is 21.5. The second-order valence-corrected chi connectivity index (χ2v) is 10.0. The van der Waals surface area contributed by atoms with Gasteiger partial charge in [-0.3, -0.25) is 4.98 Å². The number of rotatable bonds is 18. The van der Waals surface area contributed by atoms with Gasteiger partial charge in [-0.25, -0.2) is 4.57 Å². The van der Waals surface area contributed by atoms with E-state index in [1.165, 1.54) is 94.6 Å². The van der Waals surface area contributed by atoms with Crippen LogP contribution in [0.15, 0.2) is 79.4 Å². The van der Waals surface area contributed by atoms with Crippen LogP contribution in [-0.4, -0.2) is 4.98 Å². The lowest BCUT2D eigenvalue weighted by atomic mass is 9.83. The van der Waals surface area contributed by atoms with Crippen molar-refractivity contribution in [1.29, 1.82) is 0 Å². The van der Waals surface area contributed by atoms with E-state index in [9.17, 15) is 0 Å². The van der Waals surface area contributed by atoms with E-state index in [-0.39, 0.29) is 0 Å². The topological polar surface area (TPSA) is 19.7 Å². The molecule has 0 bridgehead atoms. The molecular formula is C32H47N2+. The lowest BCUT2D eigenvalue weighted by Crippen LogP contribution is -2.41. The van der Waals surface area contributed by atoms with E-state index in [0.717, 1.165) is 6.42 Å². The fraction of sp³-hybridized carbons (Fsp3) is 0.531. The number of hydrogen-bond donors (Lipinski definition) is 1. The molecule has 0 aliphatic carbocycles. The van der Waals surface area contributed by atoms with Gasteiger partial charge in [0.05, 0.1) is 0 Å². The fourth-order valence-electron chi connectivity index (χ4n) is 5.30. The summed E-state index contributed by atoms with van der Waals surface area (Å²) in [6, 6.07) is 22.6. The highest BCUT2D eigenvalue weighted by Crippen LogP contribution is 2.32. The van der Waals surface area contributed by atoms with Gasteiger partial charge in [0.2, 0.25) is 6.33 Å².